The van der Waals surface area contributed by atoms with Crippen molar-refractivity contribution in [2.24, 2.45) is 0 Å². The van der Waals surface area contributed by atoms with Crippen LogP contribution in [0.25, 0.3) is 10.9 Å². The van der Waals surface area contributed by atoms with E-state index in [1.54, 1.807) is 36.9 Å². The number of nitrogens with zero attached hydrogens (tertiary/aromatic N) is 4. The quantitative estimate of drug-likeness (QED) is 0.681. The molecule has 0 amide bonds. The monoisotopic (exact) mass is 336 g/mol. The standard InChI is InChI=1S/C15H20N4O3S/c1-15(2,20)10-18-9-11-7-14(19(21)22)13(8-12(11)16-18)17-3-5-23-6-4-17/h7-9,20H,3-6,10H2,1-2H3. The largest absolute Gasteiger partial charge is 0.389 e. The molecule has 0 atom stereocenters. The number of nitro groups is 1. The van der Waals surface area contributed by atoms with Crippen LogP contribution < -0.4 is 4.90 Å². The highest BCUT2D eigenvalue weighted by atomic mass is 32.2. The summed E-state index contributed by atoms with van der Waals surface area (Å²) in [5.41, 5.74) is 0.581. The van der Waals surface area contributed by atoms with E-state index in [-0.39, 0.29) is 10.6 Å². The summed E-state index contributed by atoms with van der Waals surface area (Å²) in [6.45, 7) is 5.37. The molecule has 2 heterocycles. The Hall–Kier alpha value is -1.80. The topological polar surface area (TPSA) is 84.4 Å². The molecule has 0 spiro atoms. The number of aliphatic hydroxyl groups is 1. The maximum absolute atomic E-state index is 11.5. The molecule has 1 aliphatic rings. The lowest BCUT2D eigenvalue weighted by Gasteiger charge is -2.28. The Morgan fingerprint density at radius 3 is 2.70 bits per heavy atom. The number of hydrogen-bond acceptors (Lipinski definition) is 6. The molecular formula is C15H20N4O3S. The Bertz CT molecular complexity index is 732. The van der Waals surface area contributed by atoms with Gasteiger partial charge in [0.25, 0.3) is 5.69 Å². The van der Waals surface area contributed by atoms with E-state index in [0.717, 1.165) is 30.0 Å². The average molecular weight is 336 g/mol. The van der Waals surface area contributed by atoms with Crippen LogP contribution in [0, 0.1) is 10.1 Å². The van der Waals surface area contributed by atoms with Gasteiger partial charge in [-0.3, -0.25) is 14.8 Å². The smallest absolute Gasteiger partial charge is 0.293 e. The number of hydrogen-bond donors (Lipinski definition) is 1. The average Bonchev–Trinajstić information content (AvgIpc) is 2.85. The lowest BCUT2D eigenvalue weighted by atomic mass is 10.1. The summed E-state index contributed by atoms with van der Waals surface area (Å²) < 4.78 is 1.64. The number of nitro benzene ring substituents is 1. The van der Waals surface area contributed by atoms with Gasteiger partial charge < -0.3 is 10.0 Å². The summed E-state index contributed by atoms with van der Waals surface area (Å²) in [6.07, 6.45) is 1.75. The molecule has 1 aromatic heterocycles. The number of thioether (sulfide) groups is 1. The Morgan fingerprint density at radius 1 is 1.39 bits per heavy atom. The van der Waals surface area contributed by atoms with Crippen LogP contribution in [0.5, 0.6) is 0 Å². The van der Waals surface area contributed by atoms with Crippen molar-refractivity contribution in [2.75, 3.05) is 29.5 Å². The van der Waals surface area contributed by atoms with Crippen molar-refractivity contribution in [3.05, 3.63) is 28.4 Å². The lowest BCUT2D eigenvalue weighted by Crippen LogP contribution is -2.32. The molecule has 1 aliphatic heterocycles. The first kappa shape index (κ1) is 16.1. The van der Waals surface area contributed by atoms with Crippen molar-refractivity contribution < 1.29 is 10.0 Å². The zero-order chi connectivity index (χ0) is 16.6. The fraction of sp³-hybridized carbons (Fsp3) is 0.533. The molecule has 8 heteroatoms. The lowest BCUT2D eigenvalue weighted by molar-refractivity contribution is -0.384. The van der Waals surface area contributed by atoms with Crippen LogP contribution in [0.4, 0.5) is 11.4 Å². The van der Waals surface area contributed by atoms with Crippen molar-refractivity contribution in [2.45, 2.75) is 26.0 Å². The van der Waals surface area contributed by atoms with Gasteiger partial charge in [0.1, 0.15) is 5.69 Å². The molecule has 0 unspecified atom stereocenters. The van der Waals surface area contributed by atoms with Crippen molar-refractivity contribution in [3.8, 4) is 0 Å². The molecule has 1 fully saturated rings. The van der Waals surface area contributed by atoms with Gasteiger partial charge >= 0.3 is 0 Å². The summed E-state index contributed by atoms with van der Waals surface area (Å²) in [6, 6.07) is 3.38. The van der Waals surface area contributed by atoms with Crippen LogP contribution in [0.15, 0.2) is 18.3 Å². The van der Waals surface area contributed by atoms with Gasteiger partial charge in [0.15, 0.2) is 0 Å². The van der Waals surface area contributed by atoms with Crippen LogP contribution in [0.3, 0.4) is 0 Å². The van der Waals surface area contributed by atoms with Gasteiger partial charge in [0.05, 0.1) is 22.6 Å². The number of anilines is 1. The Balaban J connectivity index is 2.04. The van der Waals surface area contributed by atoms with E-state index in [4.69, 9.17) is 0 Å². The molecule has 2 aromatic rings. The highest BCUT2D eigenvalue weighted by Gasteiger charge is 2.24. The van der Waals surface area contributed by atoms with Crippen molar-refractivity contribution in [3.63, 3.8) is 0 Å². The second-order valence-electron chi connectivity index (χ2n) is 6.40. The van der Waals surface area contributed by atoms with Crippen LogP contribution >= 0.6 is 11.8 Å². The number of aromatic nitrogens is 2. The predicted molar refractivity (Wildman–Crippen MR) is 92.2 cm³/mol. The fourth-order valence-corrected chi connectivity index (χ4v) is 3.68. The molecule has 0 bridgehead atoms. The number of benzene rings is 1. The Morgan fingerprint density at radius 2 is 2.09 bits per heavy atom. The molecule has 0 aliphatic carbocycles. The minimum absolute atomic E-state index is 0.118. The number of rotatable bonds is 4. The second-order valence-corrected chi connectivity index (χ2v) is 7.62. The first-order chi connectivity index (χ1) is 10.8. The molecule has 1 saturated heterocycles. The van der Waals surface area contributed by atoms with Crippen LogP contribution in [-0.4, -0.2) is 50.0 Å². The highest BCUT2D eigenvalue weighted by molar-refractivity contribution is 7.99. The maximum Gasteiger partial charge on any atom is 0.293 e. The van der Waals surface area contributed by atoms with E-state index in [1.165, 1.54) is 0 Å². The van der Waals surface area contributed by atoms with Crippen molar-refractivity contribution >= 4 is 34.0 Å². The molecule has 0 radical (unpaired) electrons. The molecular weight excluding hydrogens is 316 g/mol. The Labute approximate surface area is 138 Å². The SMILES string of the molecule is CC(C)(O)Cn1cc2cc([N+](=O)[O-])c(N3CCSCC3)cc2n1. The fourth-order valence-electron chi connectivity index (χ4n) is 2.78. The van der Waals surface area contributed by atoms with E-state index < -0.39 is 5.60 Å². The predicted octanol–water partition coefficient (Wildman–Crippen LogP) is 2.27. The van der Waals surface area contributed by atoms with E-state index in [1.807, 2.05) is 11.8 Å². The highest BCUT2D eigenvalue weighted by Crippen LogP contribution is 2.34. The van der Waals surface area contributed by atoms with Crippen LogP contribution in [-0.2, 0) is 6.54 Å². The third-order valence-corrected chi connectivity index (χ3v) is 4.69. The van der Waals surface area contributed by atoms with Gasteiger partial charge in [0, 0.05) is 42.2 Å². The minimum Gasteiger partial charge on any atom is -0.389 e. The van der Waals surface area contributed by atoms with Crippen LogP contribution in [0.1, 0.15) is 13.8 Å². The van der Waals surface area contributed by atoms with E-state index in [2.05, 4.69) is 10.00 Å². The molecule has 23 heavy (non-hydrogen) atoms. The first-order valence-corrected chi connectivity index (χ1v) is 8.70. The van der Waals surface area contributed by atoms with E-state index in [9.17, 15) is 15.2 Å². The minimum atomic E-state index is -0.888. The van der Waals surface area contributed by atoms with Crippen molar-refractivity contribution in [1.29, 1.82) is 0 Å². The van der Waals surface area contributed by atoms with E-state index in [0.29, 0.717) is 17.7 Å². The molecule has 1 N–H and O–H groups in total. The summed E-state index contributed by atoms with van der Waals surface area (Å²) in [5, 5.41) is 26.5. The molecule has 3 rings (SSSR count). The zero-order valence-corrected chi connectivity index (χ0v) is 14.0. The van der Waals surface area contributed by atoms with Gasteiger partial charge in [-0.2, -0.15) is 16.9 Å². The maximum atomic E-state index is 11.5. The van der Waals surface area contributed by atoms with Gasteiger partial charge in [0.2, 0.25) is 0 Å². The van der Waals surface area contributed by atoms with Gasteiger partial charge in [-0.05, 0) is 19.9 Å². The number of fused-ring (bicyclic) bond motifs is 1. The first-order valence-electron chi connectivity index (χ1n) is 7.54. The van der Waals surface area contributed by atoms with E-state index >= 15 is 0 Å². The third kappa shape index (κ3) is 3.59. The summed E-state index contributed by atoms with van der Waals surface area (Å²) in [7, 11) is 0. The molecule has 124 valence electrons. The van der Waals surface area contributed by atoms with Gasteiger partial charge in [-0.25, -0.2) is 0 Å². The summed E-state index contributed by atoms with van der Waals surface area (Å²) >= 11 is 1.86. The summed E-state index contributed by atoms with van der Waals surface area (Å²) in [4.78, 5) is 13.2. The molecule has 7 nitrogen and oxygen atoms in total. The van der Waals surface area contributed by atoms with Crippen LogP contribution in [0.2, 0.25) is 0 Å². The van der Waals surface area contributed by atoms with Gasteiger partial charge in [-0.15, -0.1) is 0 Å². The second kappa shape index (κ2) is 6.01. The molecule has 0 saturated carbocycles. The normalized spacial score (nSPS) is 16.0. The Kier molecular flexibility index (Phi) is 4.20. The molecule has 1 aromatic carbocycles. The van der Waals surface area contributed by atoms with Crippen molar-refractivity contribution in [1.82, 2.24) is 9.78 Å². The summed E-state index contributed by atoms with van der Waals surface area (Å²) in [5.74, 6) is 1.95. The zero-order valence-electron chi connectivity index (χ0n) is 13.2. The third-order valence-electron chi connectivity index (χ3n) is 3.75. The van der Waals surface area contributed by atoms with Gasteiger partial charge in [-0.1, -0.05) is 0 Å².